The third-order valence-corrected chi connectivity index (χ3v) is 2.18. The summed E-state index contributed by atoms with van der Waals surface area (Å²) in [5.74, 6) is -0.575. The Kier molecular flexibility index (Phi) is 7.12. The number of hydrogen-bond donors (Lipinski definition) is 0. The van der Waals surface area contributed by atoms with Crippen molar-refractivity contribution in [2.24, 2.45) is 0 Å². The summed E-state index contributed by atoms with van der Waals surface area (Å²) < 4.78 is 28.4. The lowest BCUT2D eigenvalue weighted by Gasteiger charge is -2.10. The maximum atomic E-state index is 13.8. The fourth-order valence-electron chi connectivity index (χ4n) is 1.39. The SMILES string of the molecule is CCOC(=O)Cc1cc(OC)cc(OC)c1F.Cl. The molecule has 0 radical (unpaired) electrons. The Morgan fingerprint density at radius 2 is 1.94 bits per heavy atom. The van der Waals surface area contributed by atoms with Gasteiger partial charge in [0.1, 0.15) is 5.75 Å². The molecule has 1 aromatic rings. The van der Waals surface area contributed by atoms with Crippen LogP contribution in [-0.2, 0) is 16.0 Å². The maximum Gasteiger partial charge on any atom is 0.310 e. The molecule has 0 saturated heterocycles. The van der Waals surface area contributed by atoms with E-state index in [9.17, 15) is 9.18 Å². The Labute approximate surface area is 111 Å². The smallest absolute Gasteiger partial charge is 0.310 e. The molecule has 1 rings (SSSR count). The van der Waals surface area contributed by atoms with Crippen LogP contribution in [0, 0.1) is 5.82 Å². The summed E-state index contributed by atoms with van der Waals surface area (Å²) >= 11 is 0. The molecular formula is C12H16ClFO4. The minimum Gasteiger partial charge on any atom is -0.497 e. The molecule has 0 aliphatic rings. The number of esters is 1. The van der Waals surface area contributed by atoms with Gasteiger partial charge in [-0.3, -0.25) is 4.79 Å². The van der Waals surface area contributed by atoms with Gasteiger partial charge in [0.25, 0.3) is 0 Å². The van der Waals surface area contributed by atoms with E-state index in [2.05, 4.69) is 0 Å². The predicted molar refractivity (Wildman–Crippen MR) is 67.1 cm³/mol. The maximum absolute atomic E-state index is 13.8. The molecule has 0 aromatic heterocycles. The first kappa shape index (κ1) is 16.5. The van der Waals surface area contributed by atoms with Gasteiger partial charge in [-0.1, -0.05) is 0 Å². The molecule has 18 heavy (non-hydrogen) atoms. The lowest BCUT2D eigenvalue weighted by Crippen LogP contribution is -2.09. The molecule has 4 nitrogen and oxygen atoms in total. The standard InChI is InChI=1S/C12H15FO4.ClH/c1-4-17-11(14)6-8-5-9(15-2)7-10(16-3)12(8)13;/h5,7H,4,6H2,1-3H3;1H. The van der Waals surface area contributed by atoms with Crippen LogP contribution in [0.5, 0.6) is 11.5 Å². The highest BCUT2D eigenvalue weighted by Crippen LogP contribution is 2.27. The summed E-state index contributed by atoms with van der Waals surface area (Å²) in [5, 5.41) is 0. The normalized spacial score (nSPS) is 9.33. The molecule has 0 saturated carbocycles. The van der Waals surface area contributed by atoms with Gasteiger partial charge in [-0.15, -0.1) is 12.4 Å². The molecule has 0 aliphatic carbocycles. The zero-order chi connectivity index (χ0) is 12.8. The Morgan fingerprint density at radius 1 is 1.28 bits per heavy atom. The van der Waals surface area contributed by atoms with Gasteiger partial charge < -0.3 is 14.2 Å². The molecule has 0 bridgehead atoms. The largest absolute Gasteiger partial charge is 0.497 e. The minimum absolute atomic E-state index is 0. The first-order chi connectivity index (χ1) is 8.12. The Morgan fingerprint density at radius 3 is 2.44 bits per heavy atom. The third-order valence-electron chi connectivity index (χ3n) is 2.18. The lowest BCUT2D eigenvalue weighted by molar-refractivity contribution is -0.142. The monoisotopic (exact) mass is 278 g/mol. The topological polar surface area (TPSA) is 44.8 Å². The van der Waals surface area contributed by atoms with E-state index < -0.39 is 11.8 Å². The molecule has 0 unspecified atom stereocenters. The molecule has 0 spiro atoms. The van der Waals surface area contributed by atoms with Gasteiger partial charge in [0.15, 0.2) is 11.6 Å². The number of ether oxygens (including phenoxy) is 3. The highest BCUT2D eigenvalue weighted by molar-refractivity contribution is 5.85. The number of rotatable bonds is 5. The summed E-state index contributed by atoms with van der Waals surface area (Å²) in [4.78, 5) is 11.3. The van der Waals surface area contributed by atoms with Gasteiger partial charge in [-0.2, -0.15) is 0 Å². The van der Waals surface area contributed by atoms with Crippen LogP contribution >= 0.6 is 12.4 Å². The van der Waals surface area contributed by atoms with Gasteiger partial charge in [0, 0.05) is 11.6 Å². The van der Waals surface area contributed by atoms with Gasteiger partial charge >= 0.3 is 5.97 Å². The summed E-state index contributed by atoms with van der Waals surface area (Å²) in [7, 11) is 2.81. The van der Waals surface area contributed by atoms with Gasteiger partial charge in [-0.05, 0) is 13.0 Å². The Balaban J connectivity index is 0.00000289. The summed E-state index contributed by atoms with van der Waals surface area (Å²) in [6, 6.07) is 2.87. The van der Waals surface area contributed by atoms with Crippen molar-refractivity contribution in [3.8, 4) is 11.5 Å². The van der Waals surface area contributed by atoms with Crippen molar-refractivity contribution < 1.29 is 23.4 Å². The second kappa shape index (κ2) is 7.76. The van der Waals surface area contributed by atoms with Crippen molar-refractivity contribution in [2.45, 2.75) is 13.3 Å². The number of carbonyl (C=O) groups is 1. The molecule has 0 atom stereocenters. The van der Waals surface area contributed by atoms with Crippen molar-refractivity contribution in [3.05, 3.63) is 23.5 Å². The van der Waals surface area contributed by atoms with Crippen LogP contribution in [0.1, 0.15) is 12.5 Å². The molecule has 0 N–H and O–H groups in total. The van der Waals surface area contributed by atoms with Gasteiger partial charge in [0.05, 0.1) is 27.2 Å². The highest BCUT2D eigenvalue weighted by Gasteiger charge is 2.15. The summed E-state index contributed by atoms with van der Waals surface area (Å²) in [6.07, 6.45) is -0.146. The van der Waals surface area contributed by atoms with Crippen molar-refractivity contribution in [2.75, 3.05) is 20.8 Å². The number of carbonyl (C=O) groups excluding carboxylic acids is 1. The third kappa shape index (κ3) is 4.07. The average molecular weight is 279 g/mol. The van der Waals surface area contributed by atoms with E-state index in [4.69, 9.17) is 14.2 Å². The number of benzene rings is 1. The Hall–Kier alpha value is -1.49. The molecule has 0 aliphatic heterocycles. The van der Waals surface area contributed by atoms with Crippen LogP contribution in [-0.4, -0.2) is 26.8 Å². The van der Waals surface area contributed by atoms with E-state index in [0.29, 0.717) is 5.75 Å². The van der Waals surface area contributed by atoms with Crippen LogP contribution in [0.3, 0.4) is 0 Å². The molecule has 6 heteroatoms. The molecular weight excluding hydrogens is 263 g/mol. The zero-order valence-corrected chi connectivity index (χ0v) is 11.3. The summed E-state index contributed by atoms with van der Waals surface area (Å²) in [5.41, 5.74) is 0.194. The number of hydrogen-bond acceptors (Lipinski definition) is 4. The van der Waals surface area contributed by atoms with Crippen LogP contribution in [0.4, 0.5) is 4.39 Å². The van der Waals surface area contributed by atoms with Crippen molar-refractivity contribution in [3.63, 3.8) is 0 Å². The first-order valence-electron chi connectivity index (χ1n) is 5.18. The fourth-order valence-corrected chi connectivity index (χ4v) is 1.39. The van der Waals surface area contributed by atoms with Crippen LogP contribution in [0.2, 0.25) is 0 Å². The van der Waals surface area contributed by atoms with Crippen molar-refractivity contribution in [1.82, 2.24) is 0 Å². The van der Waals surface area contributed by atoms with E-state index in [1.54, 1.807) is 6.92 Å². The van der Waals surface area contributed by atoms with Crippen LogP contribution in [0.15, 0.2) is 12.1 Å². The second-order valence-corrected chi connectivity index (χ2v) is 3.28. The van der Waals surface area contributed by atoms with Crippen LogP contribution in [0.25, 0.3) is 0 Å². The first-order valence-corrected chi connectivity index (χ1v) is 5.18. The molecule has 0 amide bonds. The Bertz CT molecular complexity index is 409. The molecule has 102 valence electrons. The number of halogens is 2. The number of methoxy groups -OCH3 is 2. The van der Waals surface area contributed by atoms with Crippen molar-refractivity contribution >= 4 is 18.4 Å². The predicted octanol–water partition coefficient (Wildman–Crippen LogP) is 2.37. The minimum atomic E-state index is -0.568. The molecule has 0 fully saturated rings. The van der Waals surface area contributed by atoms with Gasteiger partial charge in [0.2, 0.25) is 0 Å². The van der Waals surface area contributed by atoms with E-state index >= 15 is 0 Å². The zero-order valence-electron chi connectivity index (χ0n) is 10.5. The van der Waals surface area contributed by atoms with Gasteiger partial charge in [-0.25, -0.2) is 4.39 Å². The van der Waals surface area contributed by atoms with E-state index in [0.717, 1.165) is 0 Å². The summed E-state index contributed by atoms with van der Waals surface area (Å²) in [6.45, 7) is 1.96. The van der Waals surface area contributed by atoms with E-state index in [1.165, 1.54) is 26.4 Å². The van der Waals surface area contributed by atoms with Crippen molar-refractivity contribution in [1.29, 1.82) is 0 Å². The highest BCUT2D eigenvalue weighted by atomic mass is 35.5. The molecule has 0 heterocycles. The lowest BCUT2D eigenvalue weighted by atomic mass is 10.1. The van der Waals surface area contributed by atoms with E-state index in [1.807, 2.05) is 0 Å². The molecule has 1 aromatic carbocycles. The fraction of sp³-hybridized carbons (Fsp3) is 0.417. The van der Waals surface area contributed by atoms with Crippen LogP contribution < -0.4 is 9.47 Å². The quantitative estimate of drug-likeness (QED) is 0.776. The second-order valence-electron chi connectivity index (χ2n) is 3.28. The average Bonchev–Trinajstić information content (AvgIpc) is 2.32. The van der Waals surface area contributed by atoms with E-state index in [-0.39, 0.29) is 36.7 Å².